The predicted molar refractivity (Wildman–Crippen MR) is 142 cm³/mol. The van der Waals surface area contributed by atoms with E-state index in [9.17, 15) is 4.79 Å². The van der Waals surface area contributed by atoms with Crippen LogP contribution in [0.5, 0.6) is 5.75 Å². The second-order valence-corrected chi connectivity index (χ2v) is 10.8. The molecule has 0 unspecified atom stereocenters. The second kappa shape index (κ2) is 10.8. The van der Waals surface area contributed by atoms with E-state index >= 15 is 0 Å². The van der Waals surface area contributed by atoms with Crippen molar-refractivity contribution in [3.05, 3.63) is 95.6 Å². The molecule has 0 aliphatic heterocycles. The van der Waals surface area contributed by atoms with E-state index in [1.165, 1.54) is 0 Å². The number of hydrogen-bond acceptors (Lipinski definition) is 2. The summed E-state index contributed by atoms with van der Waals surface area (Å²) in [6.07, 6.45) is 3.53. The number of quaternary nitrogens is 2. The fourth-order valence-corrected chi connectivity index (χ4v) is 3.68. The van der Waals surface area contributed by atoms with Crippen molar-refractivity contribution in [3.63, 3.8) is 0 Å². The zero-order chi connectivity index (χ0) is 24.8. The van der Waals surface area contributed by atoms with Crippen LogP contribution in [-0.4, -0.2) is 70.2 Å². The molecule has 0 saturated heterocycles. The normalized spacial score (nSPS) is 12.2. The predicted octanol–water partition coefficient (Wildman–Crippen LogP) is 5.54. The Balaban J connectivity index is 1.86. The quantitative estimate of drug-likeness (QED) is 0.226. The Hall–Kier alpha value is -3.21. The van der Waals surface area contributed by atoms with Gasteiger partial charge in [-0.2, -0.15) is 0 Å². The number of rotatable bonds is 10. The lowest BCUT2D eigenvalue weighted by Gasteiger charge is -2.24. The van der Waals surface area contributed by atoms with Crippen molar-refractivity contribution in [1.29, 1.82) is 0 Å². The number of benzene rings is 3. The van der Waals surface area contributed by atoms with Crippen molar-refractivity contribution in [1.82, 2.24) is 0 Å². The van der Waals surface area contributed by atoms with Gasteiger partial charge in [0.05, 0.1) is 42.3 Å². The summed E-state index contributed by atoms with van der Waals surface area (Å²) in [4.78, 5) is 13.0. The second-order valence-electron chi connectivity index (χ2n) is 10.8. The number of hydrogen-bond donors (Lipinski definition) is 0. The van der Waals surface area contributed by atoms with Gasteiger partial charge in [-0.1, -0.05) is 54.6 Å². The molecular weight excluding hydrogens is 420 g/mol. The molecule has 0 atom stereocenters. The van der Waals surface area contributed by atoms with E-state index < -0.39 is 0 Å². The van der Waals surface area contributed by atoms with Crippen molar-refractivity contribution >= 4 is 11.9 Å². The van der Waals surface area contributed by atoms with E-state index in [4.69, 9.17) is 4.74 Å². The van der Waals surface area contributed by atoms with E-state index in [1.807, 2.05) is 48.5 Å². The highest BCUT2D eigenvalue weighted by molar-refractivity contribution is 6.07. The minimum atomic E-state index is -0.00863. The average Bonchev–Trinajstić information content (AvgIpc) is 2.77. The van der Waals surface area contributed by atoms with Crippen molar-refractivity contribution in [2.45, 2.75) is 6.54 Å². The molecule has 4 heteroatoms. The van der Waals surface area contributed by atoms with Gasteiger partial charge in [-0.15, -0.1) is 0 Å². The lowest BCUT2D eigenvalue weighted by Crippen LogP contribution is -2.38. The lowest BCUT2D eigenvalue weighted by molar-refractivity contribution is -0.884. The third kappa shape index (κ3) is 7.98. The molecule has 34 heavy (non-hydrogen) atoms. The van der Waals surface area contributed by atoms with Crippen molar-refractivity contribution in [3.8, 4) is 16.9 Å². The summed E-state index contributed by atoms with van der Waals surface area (Å²) in [6, 6.07) is 24.3. The summed E-state index contributed by atoms with van der Waals surface area (Å²) in [5, 5.41) is 0. The highest BCUT2D eigenvalue weighted by Crippen LogP contribution is 2.28. The van der Waals surface area contributed by atoms with Crippen LogP contribution in [0.1, 0.15) is 21.5 Å². The molecule has 0 aliphatic carbocycles. The van der Waals surface area contributed by atoms with E-state index in [0.29, 0.717) is 12.2 Å². The molecule has 0 heterocycles. The highest BCUT2D eigenvalue weighted by atomic mass is 16.5. The molecule has 3 rings (SSSR count). The third-order valence-corrected chi connectivity index (χ3v) is 5.42. The molecule has 0 saturated carbocycles. The van der Waals surface area contributed by atoms with Crippen LogP contribution in [0, 0.1) is 0 Å². The van der Waals surface area contributed by atoms with Gasteiger partial charge in [-0.25, -0.2) is 0 Å². The molecule has 0 aliphatic rings. The fourth-order valence-electron chi connectivity index (χ4n) is 3.68. The molecule has 0 aromatic heterocycles. The number of nitrogens with zero attached hydrogens (tertiary/aromatic N) is 2. The molecule has 3 aromatic carbocycles. The van der Waals surface area contributed by atoms with Gasteiger partial charge in [-0.3, -0.25) is 4.79 Å². The monoisotopic (exact) mass is 458 g/mol. The van der Waals surface area contributed by atoms with Gasteiger partial charge in [-0.05, 0) is 41.5 Å². The Labute approximate surface area is 204 Å². The summed E-state index contributed by atoms with van der Waals surface area (Å²) in [6.45, 7) is 2.37. The maximum atomic E-state index is 13.0. The smallest absolute Gasteiger partial charge is 0.185 e. The highest BCUT2D eigenvalue weighted by Gasteiger charge is 2.12. The van der Waals surface area contributed by atoms with Gasteiger partial charge in [0.25, 0.3) is 0 Å². The largest absolute Gasteiger partial charge is 0.487 e. The number of ether oxygens (including phenoxy) is 1. The topological polar surface area (TPSA) is 26.3 Å². The van der Waals surface area contributed by atoms with Crippen molar-refractivity contribution in [2.24, 2.45) is 0 Å². The number of likely N-dealkylation sites (N-methyl/N-ethyl adjacent to an activating group) is 1. The fraction of sp³-hybridized carbons (Fsp3) is 0.300. The Kier molecular flexibility index (Phi) is 8.08. The number of allylic oxidation sites excluding steroid dienone is 1. The molecule has 0 N–H and O–H groups in total. The van der Waals surface area contributed by atoms with E-state index in [0.717, 1.165) is 50.1 Å². The first-order valence-electron chi connectivity index (χ1n) is 11.7. The van der Waals surface area contributed by atoms with Crippen LogP contribution in [0.4, 0.5) is 0 Å². The van der Waals surface area contributed by atoms with Crippen LogP contribution in [0.25, 0.3) is 17.2 Å². The molecular formula is C30H38N2O2+2. The Morgan fingerprint density at radius 1 is 0.794 bits per heavy atom. The molecule has 3 aromatic rings. The number of carbonyl (C=O) groups excluding carboxylic acids is 1. The first-order chi connectivity index (χ1) is 16.0. The van der Waals surface area contributed by atoms with Crippen molar-refractivity contribution in [2.75, 3.05) is 55.4 Å². The third-order valence-electron chi connectivity index (χ3n) is 5.42. The van der Waals surface area contributed by atoms with Crippen molar-refractivity contribution < 1.29 is 18.5 Å². The summed E-state index contributed by atoms with van der Waals surface area (Å²) in [5.41, 5.74) is 4.99. The zero-order valence-electron chi connectivity index (χ0n) is 21.4. The molecule has 0 amide bonds. The Morgan fingerprint density at radius 3 is 2.21 bits per heavy atom. The minimum absolute atomic E-state index is 0.00863. The van der Waals surface area contributed by atoms with Gasteiger partial charge in [0, 0.05) is 16.7 Å². The summed E-state index contributed by atoms with van der Waals surface area (Å²) in [5.74, 6) is 0.779. The SMILES string of the molecule is C[N+](C)(C)CCOc1ccc(-c2ccccc2)cc1C=CC(=O)c1cccc(C[N+](C)(C)C)c1. The molecule has 0 bridgehead atoms. The minimum Gasteiger partial charge on any atom is -0.487 e. The van der Waals surface area contributed by atoms with E-state index in [2.05, 4.69) is 72.6 Å². The Morgan fingerprint density at radius 2 is 1.53 bits per heavy atom. The average molecular weight is 459 g/mol. The summed E-state index contributed by atoms with van der Waals surface area (Å²) in [7, 11) is 12.9. The summed E-state index contributed by atoms with van der Waals surface area (Å²) >= 11 is 0. The van der Waals surface area contributed by atoms with Gasteiger partial charge >= 0.3 is 0 Å². The molecule has 0 fully saturated rings. The molecule has 0 spiro atoms. The maximum Gasteiger partial charge on any atom is 0.185 e. The first kappa shape index (κ1) is 25.4. The van der Waals surface area contributed by atoms with Crippen LogP contribution in [-0.2, 0) is 6.54 Å². The van der Waals surface area contributed by atoms with Gasteiger partial charge < -0.3 is 13.7 Å². The number of carbonyl (C=O) groups is 1. The zero-order valence-corrected chi connectivity index (χ0v) is 21.4. The van der Waals surface area contributed by atoms with Crippen LogP contribution in [0.3, 0.4) is 0 Å². The molecule has 178 valence electrons. The molecule has 0 radical (unpaired) electrons. The van der Waals surface area contributed by atoms with E-state index in [1.54, 1.807) is 6.08 Å². The standard InChI is InChI=1S/C30H38N2O2/c1-31(2,3)19-20-34-30-18-16-26(25-12-8-7-9-13-25)22-28(30)15-17-29(33)27-14-10-11-24(21-27)23-32(4,5)6/h7-18,21-22H,19-20,23H2,1-6H3/q+2. The summed E-state index contributed by atoms with van der Waals surface area (Å²) < 4.78 is 7.78. The maximum absolute atomic E-state index is 13.0. The lowest BCUT2D eigenvalue weighted by atomic mass is 10.0. The van der Waals surface area contributed by atoms with Crippen LogP contribution < -0.4 is 4.74 Å². The van der Waals surface area contributed by atoms with Crippen LogP contribution >= 0.6 is 0 Å². The molecule has 4 nitrogen and oxygen atoms in total. The van der Waals surface area contributed by atoms with Gasteiger partial charge in [0.2, 0.25) is 0 Å². The van der Waals surface area contributed by atoms with Gasteiger partial charge in [0.15, 0.2) is 5.78 Å². The van der Waals surface area contributed by atoms with E-state index in [-0.39, 0.29) is 5.78 Å². The van der Waals surface area contributed by atoms with Crippen LogP contribution in [0.2, 0.25) is 0 Å². The first-order valence-corrected chi connectivity index (χ1v) is 11.7. The number of ketones is 1. The van der Waals surface area contributed by atoms with Gasteiger partial charge in [0.1, 0.15) is 25.4 Å². The Bertz CT molecular complexity index is 1140. The van der Waals surface area contributed by atoms with Crippen LogP contribution in [0.15, 0.2) is 78.9 Å².